The molecule has 106 valence electrons. The highest BCUT2D eigenvalue weighted by Gasteiger charge is 2.10. The third kappa shape index (κ3) is 3.85. The molecule has 2 N–H and O–H groups in total. The molecule has 0 unspecified atom stereocenters. The Morgan fingerprint density at radius 3 is 2.85 bits per heavy atom. The van der Waals surface area contributed by atoms with Gasteiger partial charge in [0, 0.05) is 0 Å². The van der Waals surface area contributed by atoms with Crippen molar-refractivity contribution >= 4 is 23.2 Å². The topological polar surface area (TPSA) is 54.3 Å². The molecule has 2 aromatic rings. The second-order valence-corrected chi connectivity index (χ2v) is 5.06. The van der Waals surface area contributed by atoms with Gasteiger partial charge in [-0.05, 0) is 43.7 Å². The van der Waals surface area contributed by atoms with Gasteiger partial charge in [-0.15, -0.1) is 0 Å². The predicted molar refractivity (Wildman–Crippen MR) is 79.9 cm³/mol. The molecule has 0 saturated heterocycles. The minimum Gasteiger partial charge on any atom is -0.468 e. The summed E-state index contributed by atoms with van der Waals surface area (Å²) in [6.07, 6.45) is 1.61. The number of benzene rings is 1. The molecule has 1 heterocycles. The highest BCUT2D eigenvalue weighted by atomic mass is 35.5. The molecule has 1 amide bonds. The average Bonchev–Trinajstić information content (AvgIpc) is 2.93. The number of carbonyl (C=O) groups excluding carboxylic acids is 1. The van der Waals surface area contributed by atoms with Gasteiger partial charge in [-0.3, -0.25) is 10.1 Å². The average molecular weight is 293 g/mol. The molecule has 2 rings (SSSR count). The first kappa shape index (κ1) is 14.6. The summed E-state index contributed by atoms with van der Waals surface area (Å²) in [5.74, 6) is 0.653. The van der Waals surface area contributed by atoms with E-state index in [2.05, 4.69) is 10.6 Å². The summed E-state index contributed by atoms with van der Waals surface area (Å²) in [6.45, 7) is 4.07. The van der Waals surface area contributed by atoms with Gasteiger partial charge in [0.15, 0.2) is 0 Å². The van der Waals surface area contributed by atoms with Crippen molar-refractivity contribution in [1.82, 2.24) is 5.32 Å². The molecule has 0 aliphatic carbocycles. The number of halogens is 1. The van der Waals surface area contributed by atoms with Crippen LogP contribution < -0.4 is 10.6 Å². The summed E-state index contributed by atoms with van der Waals surface area (Å²) >= 11 is 6.07. The standard InChI is InChI=1S/C15H17ClN2O2/c1-10-5-6-13(12(16)8-10)18-15(19)9-17-11(2)14-4-3-7-20-14/h3-8,11,17H,9H2,1-2H3,(H,18,19)/t11-/m0/s1. The molecule has 0 radical (unpaired) electrons. The Labute approximate surface area is 123 Å². The van der Waals surface area contributed by atoms with Gasteiger partial charge >= 0.3 is 0 Å². The lowest BCUT2D eigenvalue weighted by molar-refractivity contribution is -0.115. The largest absolute Gasteiger partial charge is 0.468 e. The van der Waals surface area contributed by atoms with E-state index in [1.807, 2.05) is 38.1 Å². The third-order valence-corrected chi connectivity index (χ3v) is 3.25. The highest BCUT2D eigenvalue weighted by molar-refractivity contribution is 6.33. The smallest absolute Gasteiger partial charge is 0.238 e. The van der Waals surface area contributed by atoms with Gasteiger partial charge < -0.3 is 9.73 Å². The first-order chi connectivity index (χ1) is 9.56. The molecule has 1 atom stereocenters. The molecule has 5 heteroatoms. The minimum absolute atomic E-state index is 0.0239. The molecular weight excluding hydrogens is 276 g/mol. The summed E-state index contributed by atoms with van der Waals surface area (Å²) in [5.41, 5.74) is 1.67. The molecule has 0 spiro atoms. The van der Waals surface area contributed by atoms with E-state index in [4.69, 9.17) is 16.0 Å². The second-order valence-electron chi connectivity index (χ2n) is 4.65. The molecule has 1 aromatic carbocycles. The van der Waals surface area contributed by atoms with Crippen LogP contribution in [0.3, 0.4) is 0 Å². The zero-order chi connectivity index (χ0) is 14.5. The van der Waals surface area contributed by atoms with Gasteiger partial charge in [0.1, 0.15) is 5.76 Å². The van der Waals surface area contributed by atoms with Crippen LogP contribution in [-0.4, -0.2) is 12.5 Å². The maximum Gasteiger partial charge on any atom is 0.238 e. The lowest BCUT2D eigenvalue weighted by Crippen LogP contribution is -2.30. The van der Waals surface area contributed by atoms with E-state index in [9.17, 15) is 4.79 Å². The van der Waals surface area contributed by atoms with Crippen LogP contribution >= 0.6 is 11.6 Å². The van der Waals surface area contributed by atoms with Crippen molar-refractivity contribution in [3.63, 3.8) is 0 Å². The molecule has 0 bridgehead atoms. The Hall–Kier alpha value is -1.78. The minimum atomic E-state index is -0.144. The quantitative estimate of drug-likeness (QED) is 0.886. The van der Waals surface area contributed by atoms with Crippen molar-refractivity contribution in [2.45, 2.75) is 19.9 Å². The monoisotopic (exact) mass is 292 g/mol. The fraction of sp³-hybridized carbons (Fsp3) is 0.267. The maximum atomic E-state index is 11.9. The van der Waals surface area contributed by atoms with Gasteiger partial charge in [-0.1, -0.05) is 17.7 Å². The van der Waals surface area contributed by atoms with Gasteiger partial charge in [0.25, 0.3) is 0 Å². The summed E-state index contributed by atoms with van der Waals surface area (Å²) < 4.78 is 5.26. The SMILES string of the molecule is Cc1ccc(NC(=O)CN[C@@H](C)c2ccco2)c(Cl)c1. The van der Waals surface area contributed by atoms with Crippen molar-refractivity contribution in [1.29, 1.82) is 0 Å². The molecule has 0 fully saturated rings. The Morgan fingerprint density at radius 2 is 2.20 bits per heavy atom. The van der Waals surface area contributed by atoms with Crippen LogP contribution in [0.4, 0.5) is 5.69 Å². The van der Waals surface area contributed by atoms with Crippen LogP contribution in [-0.2, 0) is 4.79 Å². The van der Waals surface area contributed by atoms with Crippen LogP contribution in [0.15, 0.2) is 41.0 Å². The van der Waals surface area contributed by atoms with E-state index in [-0.39, 0.29) is 18.5 Å². The van der Waals surface area contributed by atoms with E-state index in [1.54, 1.807) is 12.3 Å². The molecule has 4 nitrogen and oxygen atoms in total. The highest BCUT2D eigenvalue weighted by Crippen LogP contribution is 2.22. The van der Waals surface area contributed by atoms with E-state index in [0.717, 1.165) is 11.3 Å². The Morgan fingerprint density at radius 1 is 1.40 bits per heavy atom. The Balaban J connectivity index is 1.86. The van der Waals surface area contributed by atoms with Gasteiger partial charge in [0.2, 0.25) is 5.91 Å². The zero-order valence-corrected chi connectivity index (χ0v) is 12.2. The van der Waals surface area contributed by atoms with Gasteiger partial charge in [-0.2, -0.15) is 0 Å². The van der Waals surface area contributed by atoms with Crippen molar-refractivity contribution < 1.29 is 9.21 Å². The third-order valence-electron chi connectivity index (χ3n) is 2.94. The number of hydrogen-bond donors (Lipinski definition) is 2. The number of amides is 1. The molecule has 0 aliphatic rings. The van der Waals surface area contributed by atoms with Crippen LogP contribution in [0, 0.1) is 6.92 Å². The molecular formula is C15H17ClN2O2. The van der Waals surface area contributed by atoms with Crippen LogP contribution in [0.25, 0.3) is 0 Å². The van der Waals surface area contributed by atoms with Gasteiger partial charge in [-0.25, -0.2) is 0 Å². The van der Waals surface area contributed by atoms with Crippen molar-refractivity contribution in [2.24, 2.45) is 0 Å². The normalized spacial score (nSPS) is 12.2. The summed E-state index contributed by atoms with van der Waals surface area (Å²) in [7, 11) is 0. The van der Waals surface area contributed by atoms with Crippen LogP contribution in [0.5, 0.6) is 0 Å². The summed E-state index contributed by atoms with van der Waals surface area (Å²) in [5, 5.41) is 6.40. The first-order valence-electron chi connectivity index (χ1n) is 6.39. The van der Waals surface area contributed by atoms with Crippen LogP contribution in [0.2, 0.25) is 5.02 Å². The fourth-order valence-electron chi connectivity index (χ4n) is 1.80. The lowest BCUT2D eigenvalue weighted by Gasteiger charge is -2.12. The molecule has 1 aromatic heterocycles. The molecule has 0 saturated carbocycles. The molecule has 0 aliphatic heterocycles. The van der Waals surface area contributed by atoms with Crippen molar-refractivity contribution in [3.8, 4) is 0 Å². The summed E-state index contributed by atoms with van der Waals surface area (Å²) in [4.78, 5) is 11.9. The number of nitrogens with one attached hydrogen (secondary N) is 2. The number of rotatable bonds is 5. The second kappa shape index (κ2) is 6.59. The number of furan rings is 1. The zero-order valence-electron chi connectivity index (χ0n) is 11.4. The Kier molecular flexibility index (Phi) is 4.82. The Bertz CT molecular complexity index is 582. The number of carbonyl (C=O) groups is 1. The molecule has 20 heavy (non-hydrogen) atoms. The lowest BCUT2D eigenvalue weighted by atomic mass is 10.2. The van der Waals surface area contributed by atoms with Crippen molar-refractivity contribution in [2.75, 3.05) is 11.9 Å². The van der Waals surface area contributed by atoms with E-state index in [0.29, 0.717) is 10.7 Å². The van der Waals surface area contributed by atoms with E-state index >= 15 is 0 Å². The van der Waals surface area contributed by atoms with E-state index < -0.39 is 0 Å². The number of hydrogen-bond acceptors (Lipinski definition) is 3. The predicted octanol–water partition coefficient (Wildman–Crippen LogP) is 3.53. The van der Waals surface area contributed by atoms with Gasteiger partial charge in [0.05, 0.1) is 29.6 Å². The maximum absolute atomic E-state index is 11.9. The summed E-state index contributed by atoms with van der Waals surface area (Å²) in [6, 6.07) is 9.18. The number of anilines is 1. The van der Waals surface area contributed by atoms with Crippen molar-refractivity contribution in [3.05, 3.63) is 52.9 Å². The number of aryl methyl sites for hydroxylation is 1. The fourth-order valence-corrected chi connectivity index (χ4v) is 2.08. The van der Waals surface area contributed by atoms with Crippen LogP contribution in [0.1, 0.15) is 24.3 Å². The first-order valence-corrected chi connectivity index (χ1v) is 6.77. The van der Waals surface area contributed by atoms with E-state index in [1.165, 1.54) is 0 Å².